The molecule has 1 N–H and O–H groups in total. The molecule has 0 bridgehead atoms. The number of amides is 1. The van der Waals surface area contributed by atoms with Crippen molar-refractivity contribution in [3.63, 3.8) is 0 Å². The summed E-state index contributed by atoms with van der Waals surface area (Å²) < 4.78 is 41.4. The molecule has 3 aromatic rings. The van der Waals surface area contributed by atoms with Gasteiger partial charge in [-0.15, -0.1) is 0 Å². The lowest BCUT2D eigenvalue weighted by Gasteiger charge is -2.26. The lowest BCUT2D eigenvalue weighted by Crippen LogP contribution is -2.29. The number of aliphatic hydroxyl groups is 1. The Hall–Kier alpha value is -2.91. The molecule has 1 saturated heterocycles. The van der Waals surface area contributed by atoms with E-state index in [-0.39, 0.29) is 11.3 Å². The summed E-state index contributed by atoms with van der Waals surface area (Å²) in [5, 5.41) is 11.0. The Labute approximate surface area is 203 Å². The van der Waals surface area contributed by atoms with E-state index in [9.17, 15) is 27.9 Å². The molecular formula is C24H14Br2F3NO3. The summed E-state index contributed by atoms with van der Waals surface area (Å²) >= 11 is 6.61. The number of hydrogen-bond donors (Lipinski definition) is 1. The molecule has 1 aliphatic heterocycles. The summed E-state index contributed by atoms with van der Waals surface area (Å²) in [4.78, 5) is 27.1. The molecule has 4 nitrogen and oxygen atoms in total. The van der Waals surface area contributed by atoms with E-state index < -0.39 is 35.2 Å². The largest absolute Gasteiger partial charge is 0.507 e. The molecule has 1 fully saturated rings. The fourth-order valence-corrected chi connectivity index (χ4v) is 4.18. The number of rotatable bonds is 3. The van der Waals surface area contributed by atoms with Crippen LogP contribution in [-0.4, -0.2) is 16.8 Å². The summed E-state index contributed by atoms with van der Waals surface area (Å²) in [6, 6.07) is 16.2. The quantitative estimate of drug-likeness (QED) is 0.209. The van der Waals surface area contributed by atoms with Gasteiger partial charge in [0.05, 0.1) is 17.2 Å². The molecule has 9 heteroatoms. The second kappa shape index (κ2) is 8.79. The van der Waals surface area contributed by atoms with Gasteiger partial charge in [-0.25, -0.2) is 0 Å². The minimum absolute atomic E-state index is 0.102. The Balaban J connectivity index is 1.94. The summed E-state index contributed by atoms with van der Waals surface area (Å²) in [6.45, 7) is 0. The molecular weight excluding hydrogens is 567 g/mol. The van der Waals surface area contributed by atoms with Crippen LogP contribution in [0.4, 0.5) is 18.9 Å². The Kier molecular flexibility index (Phi) is 6.20. The van der Waals surface area contributed by atoms with Gasteiger partial charge in [0.2, 0.25) is 0 Å². The van der Waals surface area contributed by atoms with Crippen molar-refractivity contribution in [2.24, 2.45) is 0 Å². The lowest BCUT2D eigenvalue weighted by atomic mass is 9.95. The van der Waals surface area contributed by atoms with Gasteiger partial charge in [-0.2, -0.15) is 13.2 Å². The molecule has 1 heterocycles. The highest BCUT2D eigenvalue weighted by molar-refractivity contribution is 9.10. The zero-order valence-electron chi connectivity index (χ0n) is 16.6. The van der Waals surface area contributed by atoms with Crippen molar-refractivity contribution in [1.29, 1.82) is 0 Å². The molecule has 1 atom stereocenters. The maximum atomic E-state index is 13.3. The smallest absolute Gasteiger partial charge is 0.416 e. The van der Waals surface area contributed by atoms with Gasteiger partial charge in [0.15, 0.2) is 0 Å². The Morgan fingerprint density at radius 3 is 2.03 bits per heavy atom. The molecule has 33 heavy (non-hydrogen) atoms. The first-order valence-electron chi connectivity index (χ1n) is 9.57. The van der Waals surface area contributed by atoms with Crippen LogP contribution in [0.3, 0.4) is 0 Å². The van der Waals surface area contributed by atoms with Gasteiger partial charge in [-0.1, -0.05) is 62.2 Å². The van der Waals surface area contributed by atoms with Crippen LogP contribution >= 0.6 is 31.9 Å². The Morgan fingerprint density at radius 2 is 1.45 bits per heavy atom. The van der Waals surface area contributed by atoms with Crippen molar-refractivity contribution >= 4 is 55.0 Å². The first-order chi connectivity index (χ1) is 15.6. The van der Waals surface area contributed by atoms with E-state index in [0.29, 0.717) is 11.1 Å². The summed E-state index contributed by atoms with van der Waals surface area (Å²) in [6.07, 6.45) is -4.63. The van der Waals surface area contributed by atoms with E-state index in [2.05, 4.69) is 31.9 Å². The fourth-order valence-electron chi connectivity index (χ4n) is 3.65. The second-order valence-corrected chi connectivity index (χ2v) is 9.11. The van der Waals surface area contributed by atoms with Gasteiger partial charge in [-0.3, -0.25) is 14.5 Å². The van der Waals surface area contributed by atoms with Crippen LogP contribution in [0, 0.1) is 0 Å². The third kappa shape index (κ3) is 4.47. The highest BCUT2D eigenvalue weighted by atomic mass is 79.9. The molecule has 4 rings (SSSR count). The normalized spacial score (nSPS) is 18.1. The standard InChI is InChI=1S/C24H14Br2F3NO3/c25-16-8-4-13(5-9-16)20-19(21(31)14-6-10-17(26)11-7-14)22(32)23(33)30(20)18-3-1-2-15(12-18)24(27,28)29/h1-12,20,31H/b21-19+. The second-order valence-electron chi connectivity index (χ2n) is 7.28. The highest BCUT2D eigenvalue weighted by Gasteiger charge is 2.47. The predicted octanol–water partition coefficient (Wildman–Crippen LogP) is 6.86. The average molecular weight is 581 g/mol. The SMILES string of the molecule is O=C1C(=O)N(c2cccc(C(F)(F)F)c2)C(c2ccc(Br)cc2)/C1=C(\O)c1ccc(Br)cc1. The minimum Gasteiger partial charge on any atom is -0.507 e. The van der Waals surface area contributed by atoms with Gasteiger partial charge in [0, 0.05) is 20.2 Å². The molecule has 3 aromatic carbocycles. The number of anilines is 1. The molecule has 0 saturated carbocycles. The topological polar surface area (TPSA) is 57.6 Å². The van der Waals surface area contributed by atoms with Crippen LogP contribution in [-0.2, 0) is 15.8 Å². The zero-order chi connectivity index (χ0) is 23.9. The molecule has 0 radical (unpaired) electrons. The van der Waals surface area contributed by atoms with Crippen molar-refractivity contribution < 1.29 is 27.9 Å². The molecule has 1 unspecified atom stereocenters. The predicted molar refractivity (Wildman–Crippen MR) is 125 cm³/mol. The van der Waals surface area contributed by atoms with Crippen molar-refractivity contribution in [2.45, 2.75) is 12.2 Å². The Morgan fingerprint density at radius 1 is 0.879 bits per heavy atom. The van der Waals surface area contributed by atoms with Gasteiger partial charge >= 0.3 is 6.18 Å². The summed E-state index contributed by atoms with van der Waals surface area (Å²) in [5.74, 6) is -2.43. The van der Waals surface area contributed by atoms with Crippen LogP contribution in [0.2, 0.25) is 0 Å². The van der Waals surface area contributed by atoms with E-state index in [1.54, 1.807) is 48.5 Å². The number of carbonyl (C=O) groups excluding carboxylic acids is 2. The maximum absolute atomic E-state index is 13.3. The molecule has 1 amide bonds. The monoisotopic (exact) mass is 579 g/mol. The van der Waals surface area contributed by atoms with Crippen LogP contribution < -0.4 is 4.90 Å². The van der Waals surface area contributed by atoms with Crippen molar-refractivity contribution in [3.8, 4) is 0 Å². The van der Waals surface area contributed by atoms with E-state index in [4.69, 9.17) is 0 Å². The van der Waals surface area contributed by atoms with Crippen molar-refractivity contribution in [2.75, 3.05) is 4.90 Å². The van der Waals surface area contributed by atoms with E-state index in [1.807, 2.05) is 0 Å². The van der Waals surface area contributed by atoms with Crippen LogP contribution in [0.15, 0.2) is 87.3 Å². The minimum atomic E-state index is -4.63. The number of hydrogen-bond acceptors (Lipinski definition) is 3. The summed E-state index contributed by atoms with van der Waals surface area (Å²) in [7, 11) is 0. The average Bonchev–Trinajstić information content (AvgIpc) is 3.04. The zero-order valence-corrected chi connectivity index (χ0v) is 19.8. The number of benzene rings is 3. The fraction of sp³-hybridized carbons (Fsp3) is 0.0833. The number of ketones is 1. The first kappa shape index (κ1) is 23.3. The van der Waals surface area contributed by atoms with Crippen molar-refractivity contribution in [1.82, 2.24) is 0 Å². The molecule has 1 aliphatic rings. The lowest BCUT2D eigenvalue weighted by molar-refractivity contribution is -0.137. The number of carbonyl (C=O) groups is 2. The number of Topliss-reactive ketones (excluding diaryl/α,β-unsaturated/α-hetero) is 1. The number of nitrogens with zero attached hydrogens (tertiary/aromatic N) is 1. The van der Waals surface area contributed by atoms with E-state index in [0.717, 1.165) is 26.0 Å². The molecule has 0 aromatic heterocycles. The number of aliphatic hydroxyl groups excluding tert-OH is 1. The van der Waals surface area contributed by atoms with Gasteiger partial charge in [0.1, 0.15) is 5.76 Å². The number of halogens is 5. The third-order valence-electron chi connectivity index (χ3n) is 5.20. The van der Waals surface area contributed by atoms with Gasteiger partial charge < -0.3 is 5.11 Å². The molecule has 0 spiro atoms. The summed E-state index contributed by atoms with van der Waals surface area (Å²) in [5.41, 5.74) is -0.517. The first-order valence-corrected chi connectivity index (χ1v) is 11.2. The van der Waals surface area contributed by atoms with Crippen LogP contribution in [0.25, 0.3) is 5.76 Å². The maximum Gasteiger partial charge on any atom is 0.416 e. The highest BCUT2D eigenvalue weighted by Crippen LogP contribution is 2.43. The molecule has 0 aliphatic carbocycles. The van der Waals surface area contributed by atoms with E-state index >= 15 is 0 Å². The van der Waals surface area contributed by atoms with Gasteiger partial charge in [0.25, 0.3) is 11.7 Å². The Bertz CT molecular complexity index is 1270. The number of alkyl halides is 3. The van der Waals surface area contributed by atoms with Crippen LogP contribution in [0.5, 0.6) is 0 Å². The van der Waals surface area contributed by atoms with Crippen LogP contribution in [0.1, 0.15) is 22.7 Å². The van der Waals surface area contributed by atoms with Gasteiger partial charge in [-0.05, 0) is 48.0 Å². The molecule has 168 valence electrons. The van der Waals surface area contributed by atoms with E-state index in [1.165, 1.54) is 12.1 Å². The third-order valence-corrected chi connectivity index (χ3v) is 6.26. The van der Waals surface area contributed by atoms with Crippen molar-refractivity contribution in [3.05, 3.63) is 104 Å².